The third kappa shape index (κ3) is 5.18. The summed E-state index contributed by atoms with van der Waals surface area (Å²) in [5, 5.41) is 6.77. The van der Waals surface area contributed by atoms with Gasteiger partial charge in [0.2, 0.25) is 11.8 Å². The molecule has 26 heavy (non-hydrogen) atoms. The Morgan fingerprint density at radius 2 is 1.96 bits per heavy atom. The highest BCUT2D eigenvalue weighted by Gasteiger charge is 2.28. The Morgan fingerprint density at radius 1 is 1.23 bits per heavy atom. The van der Waals surface area contributed by atoms with Crippen LogP contribution in [0.15, 0.2) is 34.9 Å². The van der Waals surface area contributed by atoms with Gasteiger partial charge in [0.1, 0.15) is 5.76 Å². The van der Waals surface area contributed by atoms with E-state index < -0.39 is 0 Å². The van der Waals surface area contributed by atoms with Crippen molar-refractivity contribution in [3.05, 3.63) is 52.9 Å². The van der Waals surface area contributed by atoms with Crippen molar-refractivity contribution in [3.8, 4) is 0 Å². The van der Waals surface area contributed by atoms with Crippen molar-refractivity contribution in [2.75, 3.05) is 20.1 Å². The first-order valence-electron chi connectivity index (χ1n) is 9.03. The fourth-order valence-electron chi connectivity index (χ4n) is 2.70. The van der Waals surface area contributed by atoms with Gasteiger partial charge in [-0.1, -0.05) is 35.0 Å². The summed E-state index contributed by atoms with van der Waals surface area (Å²) in [6, 6.07) is 9.81. The van der Waals surface area contributed by atoms with Crippen LogP contribution in [0.1, 0.15) is 41.3 Å². The molecule has 1 aliphatic rings. The zero-order chi connectivity index (χ0) is 18.5. The number of amides is 2. The normalized spacial score (nSPS) is 13.5. The lowest BCUT2D eigenvalue weighted by molar-refractivity contribution is -0.129. The number of aromatic nitrogens is 1. The minimum absolute atomic E-state index is 0.0358. The second kappa shape index (κ2) is 8.17. The van der Waals surface area contributed by atoms with Gasteiger partial charge in [0.05, 0.1) is 18.5 Å². The molecule has 0 saturated heterocycles. The van der Waals surface area contributed by atoms with E-state index in [0.29, 0.717) is 31.1 Å². The third-order valence-electron chi connectivity index (χ3n) is 4.57. The standard InChI is InChI=1S/C20H25N3O3/c1-14-3-5-15(6-4-14)11-20(25)23(2)10-9-21-19(24)13-17-12-18(26-22-17)16-7-8-16/h3-6,12,16H,7-11,13H2,1-2H3,(H,21,24). The summed E-state index contributed by atoms with van der Waals surface area (Å²) < 4.78 is 5.24. The van der Waals surface area contributed by atoms with Crippen molar-refractivity contribution < 1.29 is 14.1 Å². The Hall–Kier alpha value is -2.63. The minimum atomic E-state index is -0.111. The molecule has 2 amide bonds. The maximum atomic E-state index is 12.2. The van der Waals surface area contributed by atoms with Gasteiger partial charge in [0, 0.05) is 32.1 Å². The van der Waals surface area contributed by atoms with Crippen LogP contribution >= 0.6 is 0 Å². The summed E-state index contributed by atoms with van der Waals surface area (Å²) in [6.45, 7) is 2.91. The van der Waals surface area contributed by atoms with Crippen LogP contribution in [-0.4, -0.2) is 42.0 Å². The summed E-state index contributed by atoms with van der Waals surface area (Å²) in [7, 11) is 1.75. The Kier molecular flexibility index (Phi) is 5.71. The molecule has 1 saturated carbocycles. The van der Waals surface area contributed by atoms with E-state index in [4.69, 9.17) is 4.52 Å². The van der Waals surface area contributed by atoms with Crippen LogP contribution in [0.4, 0.5) is 0 Å². The molecular formula is C20H25N3O3. The van der Waals surface area contributed by atoms with Gasteiger partial charge in [-0.25, -0.2) is 0 Å². The molecule has 1 heterocycles. The lowest BCUT2D eigenvalue weighted by Crippen LogP contribution is -2.37. The van der Waals surface area contributed by atoms with Crippen molar-refractivity contribution in [2.45, 2.75) is 38.5 Å². The van der Waals surface area contributed by atoms with Crippen molar-refractivity contribution in [1.82, 2.24) is 15.4 Å². The summed E-state index contributed by atoms with van der Waals surface area (Å²) in [5.74, 6) is 1.30. The largest absolute Gasteiger partial charge is 0.361 e. The predicted molar refractivity (Wildman–Crippen MR) is 97.7 cm³/mol. The SMILES string of the molecule is Cc1ccc(CC(=O)N(C)CCNC(=O)Cc2cc(C3CC3)on2)cc1. The highest BCUT2D eigenvalue weighted by molar-refractivity contribution is 5.79. The van der Waals surface area contributed by atoms with Gasteiger partial charge in [-0.2, -0.15) is 0 Å². The lowest BCUT2D eigenvalue weighted by atomic mass is 10.1. The number of nitrogens with one attached hydrogen (secondary N) is 1. The van der Waals surface area contributed by atoms with E-state index in [1.807, 2.05) is 37.3 Å². The summed E-state index contributed by atoms with van der Waals surface area (Å²) >= 11 is 0. The van der Waals surface area contributed by atoms with Crippen LogP contribution in [0.5, 0.6) is 0 Å². The number of likely N-dealkylation sites (N-methyl/N-ethyl adjacent to an activating group) is 1. The highest BCUT2D eigenvalue weighted by atomic mass is 16.5. The monoisotopic (exact) mass is 355 g/mol. The van der Waals surface area contributed by atoms with E-state index in [9.17, 15) is 9.59 Å². The summed E-state index contributed by atoms with van der Waals surface area (Å²) in [6.07, 6.45) is 2.86. The average Bonchev–Trinajstić information content (AvgIpc) is 3.36. The van der Waals surface area contributed by atoms with Gasteiger partial charge in [-0.15, -0.1) is 0 Å². The quantitative estimate of drug-likeness (QED) is 0.788. The average molecular weight is 355 g/mol. The van der Waals surface area contributed by atoms with Gasteiger partial charge < -0.3 is 14.7 Å². The van der Waals surface area contributed by atoms with E-state index in [2.05, 4.69) is 10.5 Å². The molecule has 0 bridgehead atoms. The lowest BCUT2D eigenvalue weighted by Gasteiger charge is -2.17. The first-order chi connectivity index (χ1) is 12.5. The van der Waals surface area contributed by atoms with E-state index in [-0.39, 0.29) is 18.2 Å². The van der Waals surface area contributed by atoms with E-state index in [1.165, 1.54) is 5.56 Å². The molecular weight excluding hydrogens is 330 g/mol. The zero-order valence-corrected chi connectivity index (χ0v) is 15.3. The van der Waals surface area contributed by atoms with Gasteiger partial charge in [0.15, 0.2) is 0 Å². The van der Waals surface area contributed by atoms with Crippen molar-refractivity contribution in [3.63, 3.8) is 0 Å². The molecule has 1 fully saturated rings. The van der Waals surface area contributed by atoms with Crippen LogP contribution in [0.3, 0.4) is 0 Å². The number of carbonyl (C=O) groups excluding carboxylic acids is 2. The Labute approximate surface area is 153 Å². The Bertz CT molecular complexity index is 763. The van der Waals surface area contributed by atoms with Crippen molar-refractivity contribution in [2.24, 2.45) is 0 Å². The van der Waals surface area contributed by atoms with Crippen LogP contribution < -0.4 is 5.32 Å². The Morgan fingerprint density at radius 3 is 2.65 bits per heavy atom. The summed E-state index contributed by atoms with van der Waals surface area (Å²) in [4.78, 5) is 25.9. The molecule has 1 aliphatic carbocycles. The molecule has 0 atom stereocenters. The number of carbonyl (C=O) groups is 2. The maximum Gasteiger partial charge on any atom is 0.226 e. The maximum absolute atomic E-state index is 12.2. The fraction of sp³-hybridized carbons (Fsp3) is 0.450. The minimum Gasteiger partial charge on any atom is -0.361 e. The zero-order valence-electron chi connectivity index (χ0n) is 15.3. The van der Waals surface area contributed by atoms with Crippen LogP contribution in [0.2, 0.25) is 0 Å². The van der Waals surface area contributed by atoms with Crippen LogP contribution in [0.25, 0.3) is 0 Å². The third-order valence-corrected chi connectivity index (χ3v) is 4.57. The molecule has 1 N–H and O–H groups in total. The molecule has 0 spiro atoms. The first-order valence-corrected chi connectivity index (χ1v) is 9.03. The molecule has 0 radical (unpaired) electrons. The molecule has 138 valence electrons. The Balaban J connectivity index is 1.36. The molecule has 1 aromatic heterocycles. The highest BCUT2D eigenvalue weighted by Crippen LogP contribution is 2.40. The predicted octanol–water partition coefficient (Wildman–Crippen LogP) is 2.22. The van der Waals surface area contributed by atoms with Crippen molar-refractivity contribution in [1.29, 1.82) is 0 Å². The second-order valence-corrected chi connectivity index (χ2v) is 7.00. The molecule has 1 aromatic carbocycles. The molecule has 2 aromatic rings. The van der Waals surface area contributed by atoms with Gasteiger partial charge >= 0.3 is 0 Å². The molecule has 6 heteroatoms. The number of hydrogen-bond acceptors (Lipinski definition) is 4. The topological polar surface area (TPSA) is 75.4 Å². The van der Waals surface area contributed by atoms with Gasteiger partial charge in [0.25, 0.3) is 0 Å². The molecule has 3 rings (SSSR count). The first kappa shape index (κ1) is 18.2. The number of rotatable bonds is 8. The number of benzene rings is 1. The second-order valence-electron chi connectivity index (χ2n) is 7.00. The van der Waals surface area contributed by atoms with Crippen molar-refractivity contribution >= 4 is 11.8 Å². The van der Waals surface area contributed by atoms with E-state index in [1.54, 1.807) is 11.9 Å². The van der Waals surface area contributed by atoms with Gasteiger partial charge in [-0.05, 0) is 25.3 Å². The van der Waals surface area contributed by atoms with E-state index >= 15 is 0 Å². The van der Waals surface area contributed by atoms with E-state index in [0.717, 1.165) is 24.2 Å². The number of aryl methyl sites for hydroxylation is 1. The summed E-state index contributed by atoms with van der Waals surface area (Å²) in [5.41, 5.74) is 2.83. The molecule has 6 nitrogen and oxygen atoms in total. The molecule has 0 aliphatic heterocycles. The number of nitrogens with zero attached hydrogens (tertiary/aromatic N) is 2. The smallest absolute Gasteiger partial charge is 0.226 e. The molecule has 0 unspecified atom stereocenters. The van der Waals surface area contributed by atoms with Crippen LogP contribution in [0, 0.1) is 6.92 Å². The van der Waals surface area contributed by atoms with Gasteiger partial charge in [-0.3, -0.25) is 9.59 Å². The fourth-order valence-corrected chi connectivity index (χ4v) is 2.70. The van der Waals surface area contributed by atoms with Crippen LogP contribution in [-0.2, 0) is 22.4 Å². The number of hydrogen-bond donors (Lipinski definition) is 1.